The maximum atomic E-state index is 13.0. The number of nitrogens with zero attached hydrogens (tertiary/aromatic N) is 2. The second kappa shape index (κ2) is 14.0. The average molecular weight is 581 g/mol. The topological polar surface area (TPSA) is 127 Å². The largest absolute Gasteiger partial charge is 0.466 e. The molecule has 2 heterocycles. The van der Waals surface area contributed by atoms with Crippen molar-refractivity contribution < 1.29 is 28.7 Å². The van der Waals surface area contributed by atoms with Gasteiger partial charge in [0.1, 0.15) is 6.04 Å². The Hall–Kier alpha value is -2.83. The van der Waals surface area contributed by atoms with Gasteiger partial charge < -0.3 is 25.0 Å². The highest BCUT2D eigenvalue weighted by atomic mass is 79.9. The Morgan fingerprint density at radius 1 is 1.19 bits per heavy atom. The summed E-state index contributed by atoms with van der Waals surface area (Å²) in [6, 6.07) is 8.11. The Morgan fingerprint density at radius 2 is 1.92 bits per heavy atom. The van der Waals surface area contributed by atoms with Gasteiger partial charge in [-0.25, -0.2) is 14.6 Å². The highest BCUT2D eigenvalue weighted by Crippen LogP contribution is 2.32. The third-order valence-corrected chi connectivity index (χ3v) is 7.08. The molecule has 12 heteroatoms. The smallest absolute Gasteiger partial charge is 0.417 e. The number of thiazole rings is 1. The van der Waals surface area contributed by atoms with Gasteiger partial charge in [0, 0.05) is 38.2 Å². The lowest BCUT2D eigenvalue weighted by atomic mass is 10.1. The number of hydrogen-bond acceptors (Lipinski definition) is 9. The predicted octanol–water partition coefficient (Wildman–Crippen LogP) is 3.36. The number of aromatic nitrogens is 1. The molecule has 3 rings (SSSR count). The molecule has 1 aliphatic rings. The highest BCUT2D eigenvalue weighted by Gasteiger charge is 2.30. The van der Waals surface area contributed by atoms with Crippen LogP contribution < -0.4 is 10.6 Å². The number of benzene rings is 1. The van der Waals surface area contributed by atoms with Crippen LogP contribution >= 0.6 is 27.3 Å². The van der Waals surface area contributed by atoms with Gasteiger partial charge in [0.2, 0.25) is 0 Å². The van der Waals surface area contributed by atoms with E-state index in [0.717, 1.165) is 29.7 Å². The maximum absolute atomic E-state index is 13.0. The molecule has 0 radical (unpaired) electrons. The zero-order chi connectivity index (χ0) is 25.9. The molecule has 36 heavy (non-hydrogen) atoms. The van der Waals surface area contributed by atoms with E-state index < -0.39 is 30.0 Å². The summed E-state index contributed by atoms with van der Waals surface area (Å²) >= 11 is 4.56. The zero-order valence-electron chi connectivity index (χ0n) is 20.0. The molecule has 0 spiro atoms. The SMILES string of the molecule is CCCCOC(=O)CCC(NC(=O)c1nc(-c2ccccc2)c(Br)s1)C(=O)OC(=O)N1CCNCC1. The normalized spacial score (nSPS) is 14.1. The summed E-state index contributed by atoms with van der Waals surface area (Å²) in [7, 11) is 0. The fourth-order valence-electron chi connectivity index (χ4n) is 3.38. The number of nitrogens with one attached hydrogen (secondary N) is 2. The Bertz CT molecular complexity index is 1060. The second-order valence-electron chi connectivity index (χ2n) is 8.07. The van der Waals surface area contributed by atoms with Crippen molar-refractivity contribution in [3.05, 3.63) is 39.1 Å². The van der Waals surface area contributed by atoms with E-state index in [1.165, 1.54) is 4.90 Å². The Balaban J connectivity index is 1.68. The average Bonchev–Trinajstić information content (AvgIpc) is 3.29. The van der Waals surface area contributed by atoms with Gasteiger partial charge in [0.25, 0.3) is 5.91 Å². The molecule has 1 aromatic heterocycles. The van der Waals surface area contributed by atoms with E-state index in [-0.39, 0.29) is 24.5 Å². The minimum Gasteiger partial charge on any atom is -0.466 e. The van der Waals surface area contributed by atoms with Crippen molar-refractivity contribution in [2.45, 2.75) is 38.6 Å². The molecule has 10 nitrogen and oxygen atoms in total. The Labute approximate surface area is 221 Å². The summed E-state index contributed by atoms with van der Waals surface area (Å²) in [6.07, 6.45) is 0.621. The molecule has 2 amide bonds. The van der Waals surface area contributed by atoms with E-state index in [1.54, 1.807) is 0 Å². The molecular formula is C24H29BrN4O6S. The predicted molar refractivity (Wildman–Crippen MR) is 138 cm³/mol. The van der Waals surface area contributed by atoms with Gasteiger partial charge in [-0.3, -0.25) is 9.59 Å². The summed E-state index contributed by atoms with van der Waals surface area (Å²) in [5, 5.41) is 5.81. The number of piperazine rings is 1. The first-order valence-corrected chi connectivity index (χ1v) is 13.4. The fraction of sp³-hybridized carbons (Fsp3) is 0.458. The van der Waals surface area contributed by atoms with Crippen molar-refractivity contribution in [3.63, 3.8) is 0 Å². The molecule has 194 valence electrons. The number of rotatable bonds is 10. The lowest BCUT2D eigenvalue weighted by molar-refractivity contribution is -0.144. The van der Waals surface area contributed by atoms with Crippen LogP contribution in [0.25, 0.3) is 11.3 Å². The first-order valence-electron chi connectivity index (χ1n) is 11.8. The minimum absolute atomic E-state index is 0.0809. The monoisotopic (exact) mass is 580 g/mol. The lowest BCUT2D eigenvalue weighted by Crippen LogP contribution is -2.49. The van der Waals surface area contributed by atoms with Crippen LogP contribution in [0.1, 0.15) is 42.4 Å². The van der Waals surface area contributed by atoms with Crippen LogP contribution in [-0.4, -0.2) is 72.7 Å². The molecule has 2 aromatic rings. The van der Waals surface area contributed by atoms with Gasteiger partial charge in [0.05, 0.1) is 16.1 Å². The standard InChI is InChI=1S/C24H29BrN4O6S/c1-2-3-15-34-18(30)10-9-17(23(32)35-24(33)29-13-11-26-12-14-29)27-21(31)22-28-19(20(25)36-22)16-7-5-4-6-8-16/h4-8,17,26H,2-3,9-15H2,1H3,(H,27,31). The molecule has 0 aliphatic carbocycles. The van der Waals surface area contributed by atoms with Crippen molar-refractivity contribution >= 4 is 51.2 Å². The number of hydrogen-bond donors (Lipinski definition) is 2. The zero-order valence-corrected chi connectivity index (χ0v) is 22.4. The Kier molecular flexibility index (Phi) is 10.8. The van der Waals surface area contributed by atoms with Crippen LogP contribution in [0.4, 0.5) is 4.79 Å². The molecule has 2 N–H and O–H groups in total. The van der Waals surface area contributed by atoms with E-state index in [4.69, 9.17) is 9.47 Å². The number of carbonyl (C=O) groups excluding carboxylic acids is 4. The quantitative estimate of drug-likeness (QED) is 0.249. The van der Waals surface area contributed by atoms with Gasteiger partial charge in [-0.2, -0.15) is 0 Å². The van der Waals surface area contributed by atoms with E-state index in [9.17, 15) is 19.2 Å². The first kappa shape index (κ1) is 27.8. The molecule has 0 bridgehead atoms. The number of ether oxygens (including phenoxy) is 2. The summed E-state index contributed by atoms with van der Waals surface area (Å²) in [5.74, 6) is -2.04. The van der Waals surface area contributed by atoms with Gasteiger partial charge in [0.15, 0.2) is 5.01 Å². The first-order chi connectivity index (χ1) is 17.4. The van der Waals surface area contributed by atoms with Crippen LogP contribution in [0.15, 0.2) is 34.1 Å². The summed E-state index contributed by atoms with van der Waals surface area (Å²) in [6.45, 7) is 4.26. The number of unbranched alkanes of at least 4 members (excludes halogenated alkanes) is 1. The van der Waals surface area contributed by atoms with E-state index in [2.05, 4.69) is 31.5 Å². The summed E-state index contributed by atoms with van der Waals surface area (Å²) in [4.78, 5) is 56.2. The number of amides is 2. The summed E-state index contributed by atoms with van der Waals surface area (Å²) in [5.41, 5.74) is 1.42. The molecule has 1 aliphatic heterocycles. The van der Waals surface area contributed by atoms with Crippen molar-refractivity contribution in [1.82, 2.24) is 20.5 Å². The van der Waals surface area contributed by atoms with Crippen LogP contribution in [0, 0.1) is 0 Å². The van der Waals surface area contributed by atoms with E-state index in [1.807, 2.05) is 37.3 Å². The van der Waals surface area contributed by atoms with Gasteiger partial charge in [-0.05, 0) is 28.8 Å². The number of halogens is 1. The maximum Gasteiger partial charge on any atom is 0.417 e. The third kappa shape index (κ3) is 8.10. The van der Waals surface area contributed by atoms with Crippen LogP contribution in [0.2, 0.25) is 0 Å². The van der Waals surface area contributed by atoms with Crippen molar-refractivity contribution in [3.8, 4) is 11.3 Å². The third-order valence-electron chi connectivity index (χ3n) is 5.38. The highest BCUT2D eigenvalue weighted by molar-refractivity contribution is 9.11. The summed E-state index contributed by atoms with van der Waals surface area (Å²) < 4.78 is 10.8. The van der Waals surface area contributed by atoms with Crippen LogP contribution in [0.5, 0.6) is 0 Å². The molecule has 0 saturated carbocycles. The molecule has 1 fully saturated rings. The molecule has 1 aromatic carbocycles. The molecule has 1 saturated heterocycles. The molecular weight excluding hydrogens is 552 g/mol. The number of carbonyl (C=O) groups is 4. The van der Waals surface area contributed by atoms with Crippen molar-refractivity contribution in [2.24, 2.45) is 0 Å². The van der Waals surface area contributed by atoms with Crippen LogP contribution in [-0.2, 0) is 19.1 Å². The van der Waals surface area contributed by atoms with Gasteiger partial charge >= 0.3 is 18.0 Å². The fourth-order valence-corrected chi connectivity index (χ4v) is 4.87. The van der Waals surface area contributed by atoms with Crippen LogP contribution in [0.3, 0.4) is 0 Å². The second-order valence-corrected chi connectivity index (χ2v) is 10.4. The van der Waals surface area contributed by atoms with E-state index in [0.29, 0.717) is 35.7 Å². The lowest BCUT2D eigenvalue weighted by Gasteiger charge is -2.26. The van der Waals surface area contributed by atoms with E-state index >= 15 is 0 Å². The van der Waals surface area contributed by atoms with Gasteiger partial charge in [-0.15, -0.1) is 11.3 Å². The Morgan fingerprint density at radius 3 is 2.61 bits per heavy atom. The van der Waals surface area contributed by atoms with Gasteiger partial charge in [-0.1, -0.05) is 43.7 Å². The van der Waals surface area contributed by atoms with Crippen molar-refractivity contribution in [2.75, 3.05) is 32.8 Å². The minimum atomic E-state index is -1.23. The number of esters is 2. The molecule has 1 atom stereocenters. The molecule has 1 unspecified atom stereocenters. The van der Waals surface area contributed by atoms with Crippen molar-refractivity contribution in [1.29, 1.82) is 0 Å².